The van der Waals surface area contributed by atoms with Gasteiger partial charge in [0, 0.05) is 12.2 Å². The SMILES string of the molecule is O=C(c1ccccc1NS(=O)(=O)c1cccc(C(F)(F)F)c1)N1CCc2ccccc21. The summed E-state index contributed by atoms with van der Waals surface area (Å²) in [5.74, 6) is -0.396. The van der Waals surface area contributed by atoms with Gasteiger partial charge in [0.1, 0.15) is 0 Å². The number of nitrogens with one attached hydrogen (secondary N) is 1. The maximum atomic E-state index is 13.2. The van der Waals surface area contributed by atoms with Gasteiger partial charge in [-0.25, -0.2) is 8.42 Å². The summed E-state index contributed by atoms with van der Waals surface area (Å²) in [7, 11) is -4.36. The highest BCUT2D eigenvalue weighted by atomic mass is 32.2. The van der Waals surface area contributed by atoms with Crippen molar-refractivity contribution in [2.45, 2.75) is 17.5 Å². The zero-order valence-electron chi connectivity index (χ0n) is 16.1. The molecule has 3 aromatic carbocycles. The van der Waals surface area contributed by atoms with Crippen LogP contribution < -0.4 is 9.62 Å². The van der Waals surface area contributed by atoms with Crippen LogP contribution in [0.15, 0.2) is 77.7 Å². The van der Waals surface area contributed by atoms with Crippen LogP contribution in [0.4, 0.5) is 24.5 Å². The minimum atomic E-state index is -4.68. The van der Waals surface area contributed by atoms with Crippen LogP contribution in [0.3, 0.4) is 0 Å². The van der Waals surface area contributed by atoms with Crippen molar-refractivity contribution in [3.8, 4) is 0 Å². The van der Waals surface area contributed by atoms with Crippen molar-refractivity contribution in [1.82, 2.24) is 0 Å². The molecule has 1 aliphatic heterocycles. The van der Waals surface area contributed by atoms with Gasteiger partial charge < -0.3 is 4.90 Å². The van der Waals surface area contributed by atoms with E-state index in [0.29, 0.717) is 19.0 Å². The number of carbonyl (C=O) groups is 1. The van der Waals surface area contributed by atoms with Crippen molar-refractivity contribution in [2.75, 3.05) is 16.2 Å². The molecule has 1 heterocycles. The Labute approximate surface area is 177 Å². The average Bonchev–Trinajstić information content (AvgIpc) is 3.17. The van der Waals surface area contributed by atoms with E-state index in [1.165, 1.54) is 12.1 Å². The summed E-state index contributed by atoms with van der Waals surface area (Å²) in [6, 6.07) is 16.9. The molecule has 160 valence electrons. The summed E-state index contributed by atoms with van der Waals surface area (Å²) in [6.45, 7) is 0.451. The van der Waals surface area contributed by atoms with Crippen LogP contribution in [0.5, 0.6) is 0 Å². The van der Waals surface area contributed by atoms with E-state index in [9.17, 15) is 26.4 Å². The number of amides is 1. The number of anilines is 2. The first-order chi connectivity index (χ1) is 14.7. The molecule has 0 bridgehead atoms. The van der Waals surface area contributed by atoms with Crippen molar-refractivity contribution in [3.63, 3.8) is 0 Å². The molecule has 0 aromatic heterocycles. The van der Waals surface area contributed by atoms with Gasteiger partial charge in [0.2, 0.25) is 0 Å². The Kier molecular flexibility index (Phi) is 5.22. The zero-order valence-corrected chi connectivity index (χ0v) is 16.9. The van der Waals surface area contributed by atoms with Crippen LogP contribution in [0.1, 0.15) is 21.5 Å². The molecule has 9 heteroatoms. The Balaban J connectivity index is 1.66. The summed E-state index contributed by atoms with van der Waals surface area (Å²) < 4.78 is 66.8. The van der Waals surface area contributed by atoms with E-state index >= 15 is 0 Å². The van der Waals surface area contributed by atoms with Crippen LogP contribution in [0.25, 0.3) is 0 Å². The third-order valence-electron chi connectivity index (χ3n) is 5.01. The van der Waals surface area contributed by atoms with Crippen molar-refractivity contribution in [2.24, 2.45) is 0 Å². The smallest absolute Gasteiger partial charge is 0.308 e. The van der Waals surface area contributed by atoms with E-state index in [-0.39, 0.29) is 11.3 Å². The zero-order chi connectivity index (χ0) is 22.2. The molecule has 0 saturated heterocycles. The Morgan fingerprint density at radius 1 is 0.935 bits per heavy atom. The third kappa shape index (κ3) is 4.13. The second-order valence-electron chi connectivity index (χ2n) is 7.01. The lowest BCUT2D eigenvalue weighted by Gasteiger charge is -2.20. The first-order valence-corrected chi connectivity index (χ1v) is 10.8. The molecule has 4 rings (SSSR count). The molecule has 0 saturated carbocycles. The number of nitrogens with zero attached hydrogens (tertiary/aromatic N) is 1. The predicted octanol–water partition coefficient (Wildman–Crippen LogP) is 4.71. The summed E-state index contributed by atoms with van der Waals surface area (Å²) in [6.07, 6.45) is -4.00. The van der Waals surface area contributed by atoms with Gasteiger partial charge >= 0.3 is 6.18 Å². The number of carbonyl (C=O) groups excluding carboxylic acids is 1. The molecular formula is C22H17F3N2O3S. The number of alkyl halides is 3. The fourth-order valence-electron chi connectivity index (χ4n) is 3.50. The van der Waals surface area contributed by atoms with Crippen LogP contribution in [-0.2, 0) is 22.6 Å². The van der Waals surface area contributed by atoms with Crippen molar-refractivity contribution < 1.29 is 26.4 Å². The van der Waals surface area contributed by atoms with Crippen molar-refractivity contribution in [1.29, 1.82) is 0 Å². The van der Waals surface area contributed by atoms with E-state index in [4.69, 9.17) is 0 Å². The van der Waals surface area contributed by atoms with Gasteiger partial charge in [0.25, 0.3) is 15.9 Å². The standard InChI is InChI=1S/C22H17F3N2O3S/c23-22(24,25)16-7-5-8-17(14-16)31(29,30)26-19-10-3-2-9-18(19)21(28)27-13-12-15-6-1-4-11-20(15)27/h1-11,14,26H,12-13H2. The minimum absolute atomic E-state index is 0.00528. The first kappa shape index (κ1) is 20.9. The molecule has 0 atom stereocenters. The highest BCUT2D eigenvalue weighted by molar-refractivity contribution is 7.92. The highest BCUT2D eigenvalue weighted by Gasteiger charge is 2.32. The number of sulfonamides is 1. The molecule has 5 nitrogen and oxygen atoms in total. The number of rotatable bonds is 4. The predicted molar refractivity (Wildman–Crippen MR) is 111 cm³/mol. The van der Waals surface area contributed by atoms with Crippen molar-refractivity contribution in [3.05, 3.63) is 89.5 Å². The third-order valence-corrected chi connectivity index (χ3v) is 6.37. The van der Waals surface area contributed by atoms with E-state index < -0.39 is 32.6 Å². The fourth-order valence-corrected chi connectivity index (χ4v) is 4.62. The molecule has 1 amide bonds. The Bertz CT molecular complexity index is 1260. The van der Waals surface area contributed by atoms with Gasteiger partial charge in [-0.3, -0.25) is 9.52 Å². The second kappa shape index (κ2) is 7.73. The Morgan fingerprint density at radius 3 is 2.42 bits per heavy atom. The van der Waals surface area contributed by atoms with Crippen LogP contribution in [0.2, 0.25) is 0 Å². The topological polar surface area (TPSA) is 66.5 Å². The highest BCUT2D eigenvalue weighted by Crippen LogP contribution is 2.32. The lowest BCUT2D eigenvalue weighted by molar-refractivity contribution is -0.137. The van der Waals surface area contributed by atoms with E-state index in [2.05, 4.69) is 4.72 Å². The average molecular weight is 446 g/mol. The van der Waals surface area contributed by atoms with Crippen LogP contribution in [-0.4, -0.2) is 20.9 Å². The van der Waals surface area contributed by atoms with Gasteiger partial charge in [-0.15, -0.1) is 0 Å². The van der Waals surface area contributed by atoms with Gasteiger partial charge in [-0.05, 0) is 48.4 Å². The van der Waals surface area contributed by atoms with E-state index in [0.717, 1.165) is 29.4 Å². The van der Waals surface area contributed by atoms with E-state index in [1.807, 2.05) is 24.3 Å². The normalized spacial score (nSPS) is 13.7. The first-order valence-electron chi connectivity index (χ1n) is 9.36. The molecule has 31 heavy (non-hydrogen) atoms. The Hall–Kier alpha value is -3.33. The number of fused-ring (bicyclic) bond motifs is 1. The van der Waals surface area contributed by atoms with E-state index in [1.54, 1.807) is 17.0 Å². The molecule has 3 aromatic rings. The molecule has 0 fully saturated rings. The molecule has 0 spiro atoms. The number of benzene rings is 3. The lowest BCUT2D eigenvalue weighted by atomic mass is 10.1. The maximum Gasteiger partial charge on any atom is 0.416 e. The summed E-state index contributed by atoms with van der Waals surface area (Å²) in [5.41, 5.74) is 0.790. The molecule has 1 aliphatic rings. The van der Waals surface area contributed by atoms with Gasteiger partial charge in [-0.2, -0.15) is 13.2 Å². The van der Waals surface area contributed by atoms with Crippen molar-refractivity contribution >= 4 is 27.3 Å². The minimum Gasteiger partial charge on any atom is -0.308 e. The fraction of sp³-hybridized carbons (Fsp3) is 0.136. The number of para-hydroxylation sites is 2. The van der Waals surface area contributed by atoms with Gasteiger partial charge in [-0.1, -0.05) is 36.4 Å². The van der Waals surface area contributed by atoms with Gasteiger partial charge in [0.05, 0.1) is 21.7 Å². The monoisotopic (exact) mass is 446 g/mol. The molecule has 1 N–H and O–H groups in total. The quantitative estimate of drug-likeness (QED) is 0.631. The summed E-state index contributed by atoms with van der Waals surface area (Å²) >= 11 is 0. The number of halogens is 3. The summed E-state index contributed by atoms with van der Waals surface area (Å²) in [4.78, 5) is 14.2. The number of hydrogen-bond acceptors (Lipinski definition) is 3. The molecule has 0 radical (unpaired) electrons. The van der Waals surface area contributed by atoms with Gasteiger partial charge in [0.15, 0.2) is 0 Å². The second-order valence-corrected chi connectivity index (χ2v) is 8.69. The van der Waals surface area contributed by atoms with Crippen LogP contribution in [0, 0.1) is 0 Å². The largest absolute Gasteiger partial charge is 0.416 e. The number of hydrogen-bond donors (Lipinski definition) is 1. The molecule has 0 aliphatic carbocycles. The maximum absolute atomic E-state index is 13.2. The Morgan fingerprint density at radius 2 is 1.65 bits per heavy atom. The lowest BCUT2D eigenvalue weighted by Crippen LogP contribution is -2.30. The molecule has 0 unspecified atom stereocenters. The molecular weight excluding hydrogens is 429 g/mol. The van der Waals surface area contributed by atoms with Crippen LogP contribution >= 0.6 is 0 Å². The summed E-state index contributed by atoms with van der Waals surface area (Å²) in [5, 5.41) is 0.